The number of rotatable bonds is 10. The van der Waals surface area contributed by atoms with Crippen molar-refractivity contribution in [3.05, 3.63) is 0 Å². The molecule has 0 aromatic carbocycles. The Bertz CT molecular complexity index is 1010. The van der Waals surface area contributed by atoms with Gasteiger partial charge in [-0.25, -0.2) is 0 Å². The van der Waals surface area contributed by atoms with E-state index in [1.807, 2.05) is 0 Å². The van der Waals surface area contributed by atoms with E-state index in [0.29, 0.717) is 0 Å². The molecule has 4 rings (SSSR count). The zero-order valence-electron chi connectivity index (χ0n) is 25.3. The Labute approximate surface area is 267 Å². The van der Waals surface area contributed by atoms with Crippen molar-refractivity contribution in [3.63, 3.8) is 0 Å². The van der Waals surface area contributed by atoms with E-state index in [4.69, 9.17) is 33.2 Å². The summed E-state index contributed by atoms with van der Waals surface area (Å²) in [6.45, 7) is -0.130. The van der Waals surface area contributed by atoms with Gasteiger partial charge in [0.1, 0.15) is 91.5 Å². The van der Waals surface area contributed by atoms with Crippen LogP contribution in [0, 0.1) is 0 Å². The maximum Gasteiger partial charge on any atom is 0.217 e. The van der Waals surface area contributed by atoms with Gasteiger partial charge in [0, 0.05) is 6.92 Å². The van der Waals surface area contributed by atoms with Gasteiger partial charge < -0.3 is 99.8 Å². The Hall–Kier alpha value is -1.29. The smallest absolute Gasteiger partial charge is 0.217 e. The van der Waals surface area contributed by atoms with Crippen LogP contribution in [-0.4, -0.2) is 210 Å². The van der Waals surface area contributed by atoms with E-state index < -0.39 is 148 Å². The van der Waals surface area contributed by atoms with Crippen LogP contribution in [0.25, 0.3) is 0 Å². The highest BCUT2D eigenvalue weighted by atomic mass is 16.8. The van der Waals surface area contributed by atoms with E-state index in [1.165, 1.54) is 6.92 Å². The first-order valence-electron chi connectivity index (χ1n) is 15.0. The molecule has 4 saturated heterocycles. The lowest BCUT2D eigenvalue weighted by Crippen LogP contribution is -2.70. The Kier molecular flexibility index (Phi) is 13.2. The quantitative estimate of drug-likeness (QED) is 0.101. The topological polar surface area (TPSA) is 336 Å². The lowest BCUT2D eigenvalue weighted by molar-refractivity contribution is -0.385. The van der Waals surface area contributed by atoms with E-state index in [1.54, 1.807) is 0 Å². The Morgan fingerprint density at radius 2 is 1.06 bits per heavy atom. The first-order valence-corrected chi connectivity index (χ1v) is 15.0. The zero-order valence-corrected chi connectivity index (χ0v) is 25.3. The molecule has 0 radical (unpaired) electrons. The molecule has 0 spiro atoms. The SMILES string of the molecule is CC(=O)N[C@H]1[C@H](O[C@@H]2[C@@H](O)[C@H](O)O[C@H](CO)[C@@H]2O)O[C@H](CO)[C@@H](O)[C@@H]1O[C@H]1O[C@@H](CO)[C@@H](O)[C@@H](O)[C@@H]1O[C@@H]1O[C@@H](C)[C@@H](O)[C@@H](O)[C@@H]1O. The molecular formula is C26H45NO20. The average molecular weight is 692 g/mol. The molecule has 47 heavy (non-hydrogen) atoms. The number of carbonyl (C=O) groups is 1. The van der Waals surface area contributed by atoms with Gasteiger partial charge in [-0.15, -0.1) is 0 Å². The fraction of sp³-hybridized carbons (Fsp3) is 0.962. The highest BCUT2D eigenvalue weighted by Gasteiger charge is 2.55. The van der Waals surface area contributed by atoms with Gasteiger partial charge in [0.25, 0.3) is 0 Å². The van der Waals surface area contributed by atoms with Crippen LogP contribution >= 0.6 is 0 Å². The summed E-state index contributed by atoms with van der Waals surface area (Å²) in [6, 6.07) is -1.59. The van der Waals surface area contributed by atoms with Crippen LogP contribution in [0.3, 0.4) is 0 Å². The van der Waals surface area contributed by atoms with Crippen LogP contribution < -0.4 is 5.32 Å². The molecule has 4 aliphatic heterocycles. The van der Waals surface area contributed by atoms with Gasteiger partial charge >= 0.3 is 0 Å². The van der Waals surface area contributed by atoms with Crippen molar-refractivity contribution in [2.45, 2.75) is 137 Å². The summed E-state index contributed by atoms with van der Waals surface area (Å²) in [5, 5.41) is 127. The maximum atomic E-state index is 12.3. The van der Waals surface area contributed by atoms with Crippen LogP contribution in [0.4, 0.5) is 0 Å². The second-order valence-corrected chi connectivity index (χ2v) is 11.9. The number of amides is 1. The van der Waals surface area contributed by atoms with Gasteiger partial charge in [-0.2, -0.15) is 0 Å². The molecule has 20 atom stereocenters. The van der Waals surface area contributed by atoms with Crippen LogP contribution in [0.15, 0.2) is 0 Å². The van der Waals surface area contributed by atoms with Crippen LogP contribution in [0.1, 0.15) is 13.8 Å². The third-order valence-corrected chi connectivity index (χ3v) is 8.57. The van der Waals surface area contributed by atoms with Crippen molar-refractivity contribution >= 4 is 5.91 Å². The standard InChI is InChI=1S/C26H45NO20/c1-6-12(32)16(36)18(38)25(41-6)47-22-17(37)13(33)8(3-28)44-26(22)45-20-11(27-7(2)31)24(43-10(5-30)14(20)34)46-21-15(35)9(4-29)42-23(40)19(21)39/h6,8-26,28-30,32-40H,3-5H2,1-2H3,(H,27,31)/t6-,8-,9+,10+,11+,12+,13+,14+,15-,16+,17+,18-,19+,20+,21-,22-,23+,24-,25-,26+/m0/s1. The summed E-state index contributed by atoms with van der Waals surface area (Å²) in [4.78, 5) is 12.3. The molecule has 21 nitrogen and oxygen atoms in total. The Balaban J connectivity index is 1.66. The number of hydrogen-bond acceptors (Lipinski definition) is 20. The van der Waals surface area contributed by atoms with E-state index in [0.717, 1.165) is 6.92 Å². The molecule has 0 aliphatic carbocycles. The van der Waals surface area contributed by atoms with Crippen molar-refractivity contribution in [2.75, 3.05) is 19.8 Å². The summed E-state index contributed by atoms with van der Waals surface area (Å²) in [5.74, 6) is -0.752. The molecule has 13 N–H and O–H groups in total. The molecule has 21 heteroatoms. The lowest BCUT2D eigenvalue weighted by atomic mass is 9.94. The maximum absolute atomic E-state index is 12.3. The Morgan fingerprint density at radius 3 is 1.66 bits per heavy atom. The summed E-state index contributed by atoms with van der Waals surface area (Å²) in [7, 11) is 0. The van der Waals surface area contributed by atoms with Crippen LogP contribution in [0.5, 0.6) is 0 Å². The van der Waals surface area contributed by atoms with Gasteiger partial charge in [0.05, 0.1) is 25.9 Å². The van der Waals surface area contributed by atoms with Gasteiger partial charge in [-0.05, 0) is 6.92 Å². The number of aliphatic hydroxyl groups is 12. The number of nitrogens with one attached hydrogen (secondary N) is 1. The fourth-order valence-electron chi connectivity index (χ4n) is 5.86. The molecular weight excluding hydrogens is 646 g/mol. The van der Waals surface area contributed by atoms with Gasteiger partial charge in [0.15, 0.2) is 25.2 Å². The lowest BCUT2D eigenvalue weighted by Gasteiger charge is -2.50. The predicted molar refractivity (Wildman–Crippen MR) is 144 cm³/mol. The first kappa shape index (κ1) is 38.5. The summed E-state index contributed by atoms with van der Waals surface area (Å²) in [5.41, 5.74) is 0. The molecule has 274 valence electrons. The molecule has 0 aromatic rings. The minimum absolute atomic E-state index is 0.752. The first-order chi connectivity index (χ1) is 22.1. The van der Waals surface area contributed by atoms with Crippen molar-refractivity contribution in [3.8, 4) is 0 Å². The number of aliphatic hydroxyl groups excluding tert-OH is 12. The summed E-state index contributed by atoms with van der Waals surface area (Å²) >= 11 is 0. The van der Waals surface area contributed by atoms with Gasteiger partial charge in [-0.3, -0.25) is 4.79 Å². The van der Waals surface area contributed by atoms with E-state index in [9.17, 15) is 66.1 Å². The normalized spacial score (nSPS) is 51.0. The highest BCUT2D eigenvalue weighted by molar-refractivity contribution is 5.73. The minimum Gasteiger partial charge on any atom is -0.394 e. The second-order valence-electron chi connectivity index (χ2n) is 11.9. The predicted octanol–water partition coefficient (Wildman–Crippen LogP) is -8.58. The third kappa shape index (κ3) is 8.04. The van der Waals surface area contributed by atoms with Crippen molar-refractivity contribution in [1.82, 2.24) is 5.32 Å². The Morgan fingerprint density at radius 1 is 0.553 bits per heavy atom. The zero-order chi connectivity index (χ0) is 34.9. The molecule has 4 fully saturated rings. The number of carbonyl (C=O) groups excluding carboxylic acids is 1. The monoisotopic (exact) mass is 691 g/mol. The van der Waals surface area contributed by atoms with Crippen LogP contribution in [-0.2, 0) is 38.0 Å². The van der Waals surface area contributed by atoms with Crippen molar-refractivity contribution in [2.24, 2.45) is 0 Å². The van der Waals surface area contributed by atoms with E-state index in [2.05, 4.69) is 5.32 Å². The van der Waals surface area contributed by atoms with Crippen molar-refractivity contribution < 1.29 is 99.2 Å². The molecule has 0 saturated carbocycles. The molecule has 0 bridgehead atoms. The minimum atomic E-state index is -1.94. The molecule has 4 heterocycles. The summed E-state index contributed by atoms with van der Waals surface area (Å²) in [6.07, 6.45) is -32.6. The molecule has 1 amide bonds. The number of hydrogen-bond donors (Lipinski definition) is 13. The summed E-state index contributed by atoms with van der Waals surface area (Å²) < 4.78 is 39.1. The fourth-order valence-corrected chi connectivity index (χ4v) is 5.86. The molecule has 4 aliphatic rings. The largest absolute Gasteiger partial charge is 0.394 e. The van der Waals surface area contributed by atoms with Crippen LogP contribution in [0.2, 0.25) is 0 Å². The van der Waals surface area contributed by atoms with Crippen molar-refractivity contribution in [1.29, 1.82) is 0 Å². The molecule has 0 unspecified atom stereocenters. The molecule has 0 aromatic heterocycles. The van der Waals surface area contributed by atoms with Gasteiger partial charge in [-0.1, -0.05) is 0 Å². The third-order valence-electron chi connectivity index (χ3n) is 8.57. The van der Waals surface area contributed by atoms with E-state index in [-0.39, 0.29) is 0 Å². The highest BCUT2D eigenvalue weighted by Crippen LogP contribution is 2.34. The van der Waals surface area contributed by atoms with Gasteiger partial charge in [0.2, 0.25) is 5.91 Å². The average Bonchev–Trinajstić information content (AvgIpc) is 3.03. The second kappa shape index (κ2) is 16.2. The van der Waals surface area contributed by atoms with E-state index >= 15 is 0 Å². The number of ether oxygens (including phenoxy) is 7.